The predicted octanol–water partition coefficient (Wildman–Crippen LogP) is 2.17. The van der Waals surface area contributed by atoms with Gasteiger partial charge in [0.05, 0.1) is 23.4 Å². The summed E-state index contributed by atoms with van der Waals surface area (Å²) in [6.45, 7) is 0. The fourth-order valence-electron chi connectivity index (χ4n) is 1.41. The van der Waals surface area contributed by atoms with Crippen molar-refractivity contribution in [3.8, 4) is 11.8 Å². The van der Waals surface area contributed by atoms with Crippen LogP contribution in [0.1, 0.15) is 18.4 Å². The van der Waals surface area contributed by atoms with E-state index in [-0.39, 0.29) is 0 Å². The summed E-state index contributed by atoms with van der Waals surface area (Å²) >= 11 is 0. The Morgan fingerprint density at radius 2 is 2.13 bits per heavy atom. The second-order valence-electron chi connectivity index (χ2n) is 4.01. The highest BCUT2D eigenvalue weighted by molar-refractivity contribution is 5.60. The van der Waals surface area contributed by atoms with Crippen molar-refractivity contribution in [3.05, 3.63) is 23.8 Å². The predicted molar refractivity (Wildman–Crippen MR) is 59.1 cm³/mol. The van der Waals surface area contributed by atoms with Gasteiger partial charge in [-0.1, -0.05) is 0 Å². The lowest BCUT2D eigenvalue weighted by molar-refractivity contribution is 0.304. The Morgan fingerprint density at radius 3 is 2.67 bits per heavy atom. The number of ether oxygens (including phenoxy) is 1. The maximum atomic E-state index is 8.82. The van der Waals surface area contributed by atoms with Crippen LogP contribution in [0.4, 0.5) is 5.69 Å². The normalized spacial score (nSPS) is 14.5. The third kappa shape index (κ3) is 2.21. The van der Waals surface area contributed by atoms with E-state index in [4.69, 9.17) is 10.00 Å². The lowest BCUT2D eigenvalue weighted by Crippen LogP contribution is -2.11. The van der Waals surface area contributed by atoms with E-state index in [0.29, 0.717) is 11.7 Å². The molecule has 1 fully saturated rings. The maximum Gasteiger partial charge on any atom is 0.144 e. The van der Waals surface area contributed by atoms with Crippen molar-refractivity contribution in [2.45, 2.75) is 18.9 Å². The van der Waals surface area contributed by atoms with Crippen molar-refractivity contribution in [2.75, 3.05) is 19.0 Å². The standard InChI is InChI=1S/C12H14N2O/c1-14(2)11-6-3-9(8-13)7-12(11)15-10-4-5-10/h3,6-7,10H,4-5H2,1-2H3. The average Bonchev–Trinajstić information content (AvgIpc) is 3.01. The molecular formula is C12H14N2O. The van der Waals surface area contributed by atoms with Crippen molar-refractivity contribution in [2.24, 2.45) is 0 Å². The molecule has 0 unspecified atom stereocenters. The van der Waals surface area contributed by atoms with Gasteiger partial charge in [-0.25, -0.2) is 0 Å². The Morgan fingerprint density at radius 1 is 1.40 bits per heavy atom. The summed E-state index contributed by atoms with van der Waals surface area (Å²) in [6.07, 6.45) is 2.62. The number of rotatable bonds is 3. The topological polar surface area (TPSA) is 36.3 Å². The van der Waals surface area contributed by atoms with Gasteiger partial charge in [0.1, 0.15) is 5.75 Å². The van der Waals surface area contributed by atoms with Crippen molar-refractivity contribution < 1.29 is 4.74 Å². The molecule has 1 aromatic carbocycles. The van der Waals surface area contributed by atoms with Gasteiger partial charge < -0.3 is 9.64 Å². The molecule has 0 N–H and O–H groups in total. The molecular weight excluding hydrogens is 188 g/mol. The molecule has 0 atom stereocenters. The van der Waals surface area contributed by atoms with E-state index in [1.165, 1.54) is 0 Å². The smallest absolute Gasteiger partial charge is 0.144 e. The summed E-state index contributed by atoms with van der Waals surface area (Å²) in [6, 6.07) is 7.68. The van der Waals surface area contributed by atoms with Crippen LogP contribution in [0.3, 0.4) is 0 Å². The van der Waals surface area contributed by atoms with E-state index in [1.807, 2.05) is 37.2 Å². The summed E-state index contributed by atoms with van der Waals surface area (Å²) in [5.74, 6) is 0.821. The Bertz CT molecular complexity index is 403. The van der Waals surface area contributed by atoms with Gasteiger partial charge in [-0.05, 0) is 25.0 Å². The SMILES string of the molecule is CN(C)c1ccc(C#N)cc1OC1CC1. The van der Waals surface area contributed by atoms with Crippen LogP contribution in [-0.2, 0) is 0 Å². The van der Waals surface area contributed by atoms with Gasteiger partial charge in [-0.15, -0.1) is 0 Å². The number of nitrogens with zero attached hydrogens (tertiary/aromatic N) is 2. The molecule has 0 amide bonds. The molecule has 2 rings (SSSR count). The molecule has 78 valence electrons. The van der Waals surface area contributed by atoms with Crippen molar-refractivity contribution in [1.82, 2.24) is 0 Å². The average molecular weight is 202 g/mol. The van der Waals surface area contributed by atoms with Crippen molar-refractivity contribution >= 4 is 5.69 Å². The molecule has 0 saturated heterocycles. The van der Waals surface area contributed by atoms with E-state index in [2.05, 4.69) is 6.07 Å². The van der Waals surface area contributed by atoms with Gasteiger partial charge in [0.25, 0.3) is 0 Å². The van der Waals surface area contributed by atoms with Gasteiger partial charge in [-0.3, -0.25) is 0 Å². The first kappa shape index (κ1) is 9.85. The van der Waals surface area contributed by atoms with Crippen molar-refractivity contribution in [1.29, 1.82) is 5.26 Å². The van der Waals surface area contributed by atoms with Crippen LogP contribution in [0, 0.1) is 11.3 Å². The second kappa shape index (κ2) is 3.82. The third-order valence-electron chi connectivity index (χ3n) is 2.39. The summed E-state index contributed by atoms with van der Waals surface area (Å²) < 4.78 is 5.77. The number of anilines is 1. The summed E-state index contributed by atoms with van der Waals surface area (Å²) in [5, 5.41) is 8.82. The van der Waals surface area contributed by atoms with Gasteiger partial charge in [-0.2, -0.15) is 5.26 Å². The first-order valence-corrected chi connectivity index (χ1v) is 5.09. The van der Waals surface area contributed by atoms with Gasteiger partial charge in [0.2, 0.25) is 0 Å². The molecule has 0 bridgehead atoms. The van der Waals surface area contributed by atoms with Crippen LogP contribution in [0.5, 0.6) is 5.75 Å². The highest BCUT2D eigenvalue weighted by Gasteiger charge is 2.25. The molecule has 1 aromatic rings. The van der Waals surface area contributed by atoms with Crippen LogP contribution in [0.15, 0.2) is 18.2 Å². The number of nitriles is 1. The Hall–Kier alpha value is -1.69. The van der Waals surface area contributed by atoms with Gasteiger partial charge in [0, 0.05) is 20.2 Å². The fourth-order valence-corrected chi connectivity index (χ4v) is 1.41. The largest absolute Gasteiger partial charge is 0.488 e. The monoisotopic (exact) mass is 202 g/mol. The minimum atomic E-state index is 0.359. The zero-order valence-corrected chi connectivity index (χ0v) is 9.03. The minimum absolute atomic E-state index is 0.359. The lowest BCUT2D eigenvalue weighted by atomic mass is 10.2. The van der Waals surface area contributed by atoms with Crippen molar-refractivity contribution in [3.63, 3.8) is 0 Å². The maximum absolute atomic E-state index is 8.82. The van der Waals surface area contributed by atoms with Crippen LogP contribution in [0.2, 0.25) is 0 Å². The highest BCUT2D eigenvalue weighted by atomic mass is 16.5. The van der Waals surface area contributed by atoms with Crippen LogP contribution in [-0.4, -0.2) is 20.2 Å². The number of hydrogen-bond acceptors (Lipinski definition) is 3. The zero-order chi connectivity index (χ0) is 10.8. The first-order valence-electron chi connectivity index (χ1n) is 5.09. The number of hydrogen-bond donors (Lipinski definition) is 0. The third-order valence-corrected chi connectivity index (χ3v) is 2.39. The molecule has 0 aliphatic heterocycles. The Kier molecular flexibility index (Phi) is 2.51. The molecule has 0 radical (unpaired) electrons. The van der Waals surface area contributed by atoms with Crippen LogP contribution >= 0.6 is 0 Å². The molecule has 1 aliphatic rings. The molecule has 3 nitrogen and oxygen atoms in total. The second-order valence-corrected chi connectivity index (χ2v) is 4.01. The molecule has 0 aromatic heterocycles. The van der Waals surface area contributed by atoms with E-state index in [0.717, 1.165) is 24.3 Å². The van der Waals surface area contributed by atoms with E-state index in [1.54, 1.807) is 0 Å². The molecule has 0 heterocycles. The highest BCUT2D eigenvalue weighted by Crippen LogP contribution is 2.33. The van der Waals surface area contributed by atoms with Crippen LogP contribution in [0.25, 0.3) is 0 Å². The van der Waals surface area contributed by atoms with Gasteiger partial charge >= 0.3 is 0 Å². The molecule has 15 heavy (non-hydrogen) atoms. The van der Waals surface area contributed by atoms with E-state index < -0.39 is 0 Å². The quantitative estimate of drug-likeness (QED) is 0.753. The summed E-state index contributed by atoms with van der Waals surface area (Å²) in [5.41, 5.74) is 1.68. The van der Waals surface area contributed by atoms with E-state index >= 15 is 0 Å². The molecule has 0 spiro atoms. The van der Waals surface area contributed by atoms with Gasteiger partial charge in [0.15, 0.2) is 0 Å². The lowest BCUT2D eigenvalue weighted by Gasteiger charge is -2.17. The minimum Gasteiger partial charge on any atom is -0.488 e. The Balaban J connectivity index is 2.32. The molecule has 1 saturated carbocycles. The zero-order valence-electron chi connectivity index (χ0n) is 9.03. The first-order chi connectivity index (χ1) is 7.20. The summed E-state index contributed by atoms with van der Waals surface area (Å²) in [4.78, 5) is 2.00. The van der Waals surface area contributed by atoms with E-state index in [9.17, 15) is 0 Å². The molecule has 3 heteroatoms. The van der Waals surface area contributed by atoms with Crippen LogP contribution < -0.4 is 9.64 Å². The fraction of sp³-hybridized carbons (Fsp3) is 0.417. The molecule has 1 aliphatic carbocycles. The summed E-state index contributed by atoms with van der Waals surface area (Å²) in [7, 11) is 3.95. The number of benzene rings is 1. The Labute approximate surface area is 89.9 Å².